The highest BCUT2D eigenvalue weighted by atomic mass is 16.6. The Hall–Kier alpha value is -6.13. The van der Waals surface area contributed by atoms with Crippen molar-refractivity contribution in [3.05, 3.63) is 109 Å². The number of carbonyl (C=O) groups excluding carboxylic acids is 7. The smallest absolute Gasteiger partial charge is 0.333 e. The first-order valence-corrected chi connectivity index (χ1v) is 49.4. The minimum absolute atomic E-state index is 0.106. The van der Waals surface area contributed by atoms with Crippen molar-refractivity contribution in [2.75, 3.05) is 62.0 Å². The standard InChI is InChI=1S/C16H22O2.C14H20O2.2C10H16.2C10H14.C10H18.2C7H12O3.3C5H8O2/c1-8(2)16(17)18-13-7-11-6-12(13)15-10-4-3-9(5-10)14(11)15;1-9(2)13(15)16-14-6-10-3-11(7-14)5-12(4-10)8-14;4*1-2-9-7-4-5-8(6-7)10(9)3-1;1-9(2)8-4-6-10(9,3)7-5-8;2*1-6(2)7(8)10-5-4-9-3;3*1-4(2)5(6)7-3/h9-15H,1,3-7H2,2H3;10-12H,1,3-8H2,2H3;2*7-10H,1-6H2;2*1-2,7-10H,3-6H2;8H,4-7H2,1-3H3;2*1,4-5H2,2-3H3;3*1H2,2-3H3. The molecule has 0 saturated heterocycles. The Morgan fingerprint density at radius 1 is 0.328 bits per heavy atom. The van der Waals surface area contributed by atoms with Crippen LogP contribution in [0.3, 0.4) is 0 Å². The first-order valence-electron chi connectivity index (χ1n) is 49.4. The van der Waals surface area contributed by atoms with Gasteiger partial charge in [0.2, 0.25) is 0 Å². The van der Waals surface area contributed by atoms with Crippen molar-refractivity contribution in [2.24, 2.45) is 165 Å². The van der Waals surface area contributed by atoms with Gasteiger partial charge in [0, 0.05) is 53.2 Å². The lowest BCUT2D eigenvalue weighted by molar-refractivity contribution is -0.182. The van der Waals surface area contributed by atoms with Gasteiger partial charge in [0.1, 0.15) is 24.9 Å². The van der Waals surface area contributed by atoms with E-state index in [4.69, 9.17) is 9.47 Å². The summed E-state index contributed by atoms with van der Waals surface area (Å²) in [5.74, 6) is 25.1. The van der Waals surface area contributed by atoms with Gasteiger partial charge < -0.3 is 42.6 Å². The van der Waals surface area contributed by atoms with Crippen LogP contribution in [0.1, 0.15) is 294 Å². The van der Waals surface area contributed by atoms with E-state index in [0.29, 0.717) is 82.2 Å². The molecule has 16 heteroatoms. The SMILES string of the molecule is C1=CC2C3CCC(C3)C2C1.C1=CC2C3CCC(C3)C2C1.C1CC2C3CCC(C3)C2C1.C1CC2C3CCC(C3)C2C1.C=C(C)C(=O)OC.C=C(C)C(=O)OC.C=C(C)C(=O)OC.C=C(C)C(=O)OC12CC3CC(CC(C3)C1)C2.C=C(C)C(=O)OC1CC2CC1C1C3CCC(C3)C21.C=C(C)C(=O)OCCOC.C=C(C)C(=O)OCCOC.CC12CCC(CC1)C2(C)C. The molecule has 0 amide bonds. The van der Waals surface area contributed by atoms with Gasteiger partial charge >= 0.3 is 41.8 Å². The van der Waals surface area contributed by atoms with Gasteiger partial charge in [-0.2, -0.15) is 0 Å². The molecule has 0 aromatic rings. The van der Waals surface area contributed by atoms with Gasteiger partial charge in [0.25, 0.3) is 0 Å². The van der Waals surface area contributed by atoms with Crippen LogP contribution in [0.5, 0.6) is 0 Å². The van der Waals surface area contributed by atoms with Crippen molar-refractivity contribution in [1.29, 1.82) is 0 Å². The Labute approximate surface area is 755 Å². The van der Waals surface area contributed by atoms with E-state index in [1.54, 1.807) is 165 Å². The molecule has 18 bridgehead atoms. The van der Waals surface area contributed by atoms with Gasteiger partial charge in [-0.15, -0.1) is 0 Å². The molecule has 125 heavy (non-hydrogen) atoms. The minimum Gasteiger partial charge on any atom is -0.466 e. The van der Waals surface area contributed by atoms with E-state index in [-0.39, 0.29) is 53.5 Å². The molecule has 700 valence electrons. The zero-order valence-electron chi connectivity index (χ0n) is 80.5. The van der Waals surface area contributed by atoms with Gasteiger partial charge in [0.15, 0.2) is 0 Å². The first-order chi connectivity index (χ1) is 59.5. The molecule has 0 heterocycles. The molecule has 23 unspecified atom stereocenters. The molecule has 0 aliphatic heterocycles. The summed E-state index contributed by atoms with van der Waals surface area (Å²) in [5, 5.41) is 0. The Balaban J connectivity index is 0.000000144. The molecule has 0 aromatic heterocycles. The maximum atomic E-state index is 11.7. The molecule has 0 aromatic carbocycles. The highest BCUT2D eigenvalue weighted by Gasteiger charge is 2.64. The number of fused-ring (bicyclic) bond motifs is 31. The van der Waals surface area contributed by atoms with E-state index in [9.17, 15) is 33.6 Å². The molecular weight excluding hydrogens is 1570 g/mol. The predicted octanol–water partition coefficient (Wildman–Crippen LogP) is 24.1. The van der Waals surface area contributed by atoms with Crippen molar-refractivity contribution in [1.82, 2.24) is 0 Å². The third-order valence-corrected chi connectivity index (χ3v) is 35.5. The molecule has 22 rings (SSSR count). The van der Waals surface area contributed by atoms with Gasteiger partial charge in [-0.05, 0) is 425 Å². The number of carbonyl (C=O) groups is 7. The van der Waals surface area contributed by atoms with Crippen molar-refractivity contribution >= 4 is 41.8 Å². The molecule has 0 spiro atoms. The third kappa shape index (κ3) is 25.3. The number of allylic oxidation sites excluding steroid dienone is 4. The quantitative estimate of drug-likeness (QED) is 0.0374. The number of esters is 7. The summed E-state index contributed by atoms with van der Waals surface area (Å²) in [4.78, 5) is 75.3. The van der Waals surface area contributed by atoms with Crippen LogP contribution in [-0.4, -0.2) is 115 Å². The summed E-state index contributed by atoms with van der Waals surface area (Å²) in [6.07, 6.45) is 61.5. The molecule has 22 aliphatic carbocycles. The molecule has 22 aliphatic rings. The zero-order valence-corrected chi connectivity index (χ0v) is 80.5. The van der Waals surface area contributed by atoms with Gasteiger partial charge in [-0.3, -0.25) is 0 Å². The van der Waals surface area contributed by atoms with E-state index < -0.39 is 0 Å². The van der Waals surface area contributed by atoms with Gasteiger partial charge in [-0.25, -0.2) is 33.6 Å². The number of ether oxygens (including phenoxy) is 9. The van der Waals surface area contributed by atoms with Crippen LogP contribution in [0.15, 0.2) is 109 Å². The van der Waals surface area contributed by atoms with Crippen LogP contribution in [0.4, 0.5) is 0 Å². The summed E-state index contributed by atoms with van der Waals surface area (Å²) >= 11 is 0. The second kappa shape index (κ2) is 46.1. The van der Waals surface area contributed by atoms with Gasteiger partial charge in [0.05, 0.1) is 34.5 Å². The Morgan fingerprint density at radius 3 is 0.960 bits per heavy atom. The highest BCUT2D eigenvalue weighted by Crippen LogP contribution is 2.69. The summed E-state index contributed by atoms with van der Waals surface area (Å²) in [7, 11) is 7.09. The third-order valence-electron chi connectivity index (χ3n) is 35.5. The van der Waals surface area contributed by atoms with E-state index in [1.807, 2.05) is 0 Å². The van der Waals surface area contributed by atoms with Crippen LogP contribution in [0.2, 0.25) is 0 Å². The normalized spacial score (nSPS) is 38.0. The molecular formula is C109H168O16. The van der Waals surface area contributed by atoms with Crippen molar-refractivity contribution in [3.63, 3.8) is 0 Å². The lowest BCUT2D eigenvalue weighted by Gasteiger charge is -2.55. The average Bonchev–Trinajstić information content (AvgIpc) is 1.54. The lowest BCUT2D eigenvalue weighted by atomic mass is 9.54. The Morgan fingerprint density at radius 2 is 0.656 bits per heavy atom. The van der Waals surface area contributed by atoms with E-state index in [1.165, 1.54) is 165 Å². The Kier molecular flexibility index (Phi) is 37.3. The molecule has 20 saturated carbocycles. The maximum absolute atomic E-state index is 11.7. The average molecular weight is 1730 g/mol. The lowest BCUT2D eigenvalue weighted by Crippen LogP contribution is -2.52. The fourth-order valence-corrected chi connectivity index (χ4v) is 29.7. The number of hydrogen-bond donors (Lipinski definition) is 0. The first kappa shape index (κ1) is 101. The van der Waals surface area contributed by atoms with Crippen LogP contribution in [-0.2, 0) is 76.2 Å². The van der Waals surface area contributed by atoms with E-state index in [0.717, 1.165) is 126 Å². The largest absolute Gasteiger partial charge is 0.466 e. The van der Waals surface area contributed by atoms with Crippen LogP contribution in [0.25, 0.3) is 0 Å². The molecule has 0 N–H and O–H groups in total. The second-order valence-corrected chi connectivity index (χ2v) is 43.7. The number of rotatable bonds is 15. The summed E-state index contributed by atoms with van der Waals surface area (Å²) in [5.41, 5.74) is 4.47. The van der Waals surface area contributed by atoms with Crippen molar-refractivity contribution in [3.8, 4) is 0 Å². The Bertz CT molecular complexity index is 3550. The molecule has 23 atom stereocenters. The van der Waals surface area contributed by atoms with E-state index >= 15 is 0 Å². The van der Waals surface area contributed by atoms with Gasteiger partial charge in [-0.1, -0.05) is 104 Å². The van der Waals surface area contributed by atoms with Crippen LogP contribution >= 0.6 is 0 Å². The number of hydrogen-bond acceptors (Lipinski definition) is 16. The maximum Gasteiger partial charge on any atom is 0.333 e. The summed E-state index contributed by atoms with van der Waals surface area (Å²) in [6, 6.07) is 0. The van der Waals surface area contributed by atoms with E-state index in [2.05, 4.69) is 124 Å². The minimum atomic E-state index is -0.364. The fourth-order valence-electron chi connectivity index (χ4n) is 29.7. The molecule has 16 nitrogen and oxygen atoms in total. The highest BCUT2D eigenvalue weighted by molar-refractivity contribution is 5.89. The summed E-state index contributed by atoms with van der Waals surface area (Å²) in [6.45, 7) is 44.6. The number of methoxy groups -OCH3 is 5. The predicted molar refractivity (Wildman–Crippen MR) is 497 cm³/mol. The molecule has 20 fully saturated rings. The zero-order chi connectivity index (χ0) is 90.9. The fraction of sp³-hybridized carbons (Fsp3) is 0.771. The van der Waals surface area contributed by atoms with Crippen LogP contribution < -0.4 is 0 Å². The second-order valence-electron chi connectivity index (χ2n) is 43.7. The summed E-state index contributed by atoms with van der Waals surface area (Å²) < 4.78 is 43.0. The van der Waals surface area contributed by atoms with Crippen molar-refractivity contribution < 1.29 is 76.2 Å². The topological polar surface area (TPSA) is 203 Å². The van der Waals surface area contributed by atoms with Crippen LogP contribution in [0, 0.1) is 165 Å². The van der Waals surface area contributed by atoms with Crippen molar-refractivity contribution in [2.45, 2.75) is 306 Å². The monoisotopic (exact) mass is 1730 g/mol. The molecule has 0 radical (unpaired) electrons.